The van der Waals surface area contributed by atoms with E-state index in [1.807, 2.05) is 11.3 Å². The molecule has 11 aromatic rings. The summed E-state index contributed by atoms with van der Waals surface area (Å²) in [6, 6.07) is 54.1. The highest BCUT2D eigenvalue weighted by molar-refractivity contribution is 7.26. The third-order valence-corrected chi connectivity index (χ3v) is 11.0. The van der Waals surface area contributed by atoms with Gasteiger partial charge in [0.1, 0.15) is 16.7 Å². The zero-order valence-electron chi connectivity index (χ0n) is 25.6. The largest absolute Gasteiger partial charge is 0.455 e. The molecule has 0 atom stereocenters. The van der Waals surface area contributed by atoms with Crippen LogP contribution in [0.1, 0.15) is 0 Å². The van der Waals surface area contributed by atoms with Crippen LogP contribution < -0.4 is 4.90 Å². The Labute approximate surface area is 278 Å². The molecule has 4 heteroatoms. The Hall–Kier alpha value is -6.10. The number of para-hydroxylation sites is 1. The van der Waals surface area contributed by atoms with Crippen LogP contribution in [0.5, 0.6) is 0 Å². The second kappa shape index (κ2) is 9.71. The molecule has 3 nitrogen and oxygen atoms in total. The molecule has 0 aliphatic heterocycles. The van der Waals surface area contributed by atoms with Gasteiger partial charge in [0.2, 0.25) is 0 Å². The van der Waals surface area contributed by atoms with Gasteiger partial charge in [0.05, 0.1) is 11.4 Å². The second-order valence-electron chi connectivity index (χ2n) is 12.4. The molecular weight excluding hydrogens is 607 g/mol. The highest BCUT2D eigenvalue weighted by Gasteiger charge is 2.24. The van der Waals surface area contributed by atoms with Crippen molar-refractivity contribution in [1.82, 2.24) is 0 Å². The topological polar surface area (TPSA) is 29.5 Å². The van der Waals surface area contributed by atoms with Crippen LogP contribution in [0.25, 0.3) is 85.6 Å². The molecule has 48 heavy (non-hydrogen) atoms. The van der Waals surface area contributed by atoms with Crippen LogP contribution in [-0.2, 0) is 0 Å². The van der Waals surface area contributed by atoms with E-state index in [-0.39, 0.29) is 0 Å². The van der Waals surface area contributed by atoms with E-state index in [2.05, 4.69) is 157 Å². The Morgan fingerprint density at radius 1 is 0.396 bits per heavy atom. The van der Waals surface area contributed by atoms with Gasteiger partial charge in [-0.3, -0.25) is 0 Å². The van der Waals surface area contributed by atoms with Crippen molar-refractivity contribution in [2.45, 2.75) is 0 Å². The number of thiophene rings is 1. The fraction of sp³-hybridized carbons (Fsp3) is 0. The van der Waals surface area contributed by atoms with E-state index in [9.17, 15) is 0 Å². The van der Waals surface area contributed by atoms with Crippen molar-refractivity contribution in [2.75, 3.05) is 4.90 Å². The van der Waals surface area contributed by atoms with Crippen molar-refractivity contribution in [3.63, 3.8) is 0 Å². The Kier molecular flexibility index (Phi) is 5.26. The van der Waals surface area contributed by atoms with Gasteiger partial charge >= 0.3 is 0 Å². The molecule has 0 bridgehead atoms. The highest BCUT2D eigenvalue weighted by atomic mass is 32.1. The molecule has 11 rings (SSSR count). The van der Waals surface area contributed by atoms with Crippen molar-refractivity contribution < 1.29 is 8.83 Å². The summed E-state index contributed by atoms with van der Waals surface area (Å²) in [7, 11) is 0. The summed E-state index contributed by atoms with van der Waals surface area (Å²) in [4.78, 5) is 2.38. The van der Waals surface area contributed by atoms with E-state index in [1.54, 1.807) is 0 Å². The van der Waals surface area contributed by atoms with E-state index in [0.29, 0.717) is 0 Å². The van der Waals surface area contributed by atoms with Gasteiger partial charge in [0, 0.05) is 58.2 Å². The summed E-state index contributed by atoms with van der Waals surface area (Å²) in [5.74, 6) is 0. The van der Waals surface area contributed by atoms with Crippen LogP contribution in [0.15, 0.2) is 160 Å². The number of nitrogens with zero attached hydrogens (tertiary/aromatic N) is 1. The molecular formula is C44H25NO2S. The molecule has 0 spiro atoms. The number of furan rings is 2. The van der Waals surface area contributed by atoms with Crippen molar-refractivity contribution in [3.05, 3.63) is 152 Å². The minimum absolute atomic E-state index is 0.864. The molecule has 3 aromatic heterocycles. The summed E-state index contributed by atoms with van der Waals surface area (Å²) < 4.78 is 16.0. The maximum Gasteiger partial charge on any atom is 0.159 e. The number of hydrogen-bond donors (Lipinski definition) is 0. The van der Waals surface area contributed by atoms with Gasteiger partial charge in [-0.25, -0.2) is 0 Å². The van der Waals surface area contributed by atoms with E-state index in [4.69, 9.17) is 8.83 Å². The smallest absolute Gasteiger partial charge is 0.159 e. The minimum Gasteiger partial charge on any atom is -0.455 e. The fourth-order valence-electron chi connectivity index (χ4n) is 7.67. The summed E-state index contributed by atoms with van der Waals surface area (Å²) in [5.41, 5.74) is 6.72. The third-order valence-electron chi connectivity index (χ3n) is 9.83. The Bertz CT molecular complexity index is 3090. The first kappa shape index (κ1) is 26.0. The lowest BCUT2D eigenvalue weighted by molar-refractivity contribution is 0.672. The van der Waals surface area contributed by atoms with E-state index < -0.39 is 0 Å². The maximum atomic E-state index is 6.94. The summed E-state index contributed by atoms with van der Waals surface area (Å²) in [5, 5.41) is 11.5. The van der Waals surface area contributed by atoms with Crippen molar-refractivity contribution in [2.24, 2.45) is 0 Å². The lowest BCUT2D eigenvalue weighted by atomic mass is 10.0. The Morgan fingerprint density at radius 2 is 1.00 bits per heavy atom. The average Bonchev–Trinajstić information content (AvgIpc) is 3.84. The average molecular weight is 632 g/mol. The van der Waals surface area contributed by atoms with Gasteiger partial charge in [-0.2, -0.15) is 0 Å². The first-order chi connectivity index (χ1) is 23.8. The van der Waals surface area contributed by atoms with Gasteiger partial charge in [-0.1, -0.05) is 97.1 Å². The number of hydrogen-bond acceptors (Lipinski definition) is 4. The number of fused-ring (bicyclic) bond motifs is 13. The minimum atomic E-state index is 0.864. The summed E-state index contributed by atoms with van der Waals surface area (Å²) in [6.07, 6.45) is 0. The normalized spacial score (nSPS) is 12.2. The first-order valence-corrected chi connectivity index (χ1v) is 17.0. The second-order valence-corrected chi connectivity index (χ2v) is 13.5. The van der Waals surface area contributed by atoms with Crippen LogP contribution in [0.4, 0.5) is 17.1 Å². The van der Waals surface area contributed by atoms with Gasteiger partial charge in [0.25, 0.3) is 0 Å². The number of anilines is 3. The Balaban J connectivity index is 1.25. The van der Waals surface area contributed by atoms with Crippen LogP contribution in [0, 0.1) is 0 Å². The van der Waals surface area contributed by atoms with Gasteiger partial charge in [-0.05, 0) is 65.4 Å². The molecule has 0 saturated heterocycles. The van der Waals surface area contributed by atoms with E-state index >= 15 is 0 Å². The van der Waals surface area contributed by atoms with Gasteiger partial charge in [-0.15, -0.1) is 11.3 Å². The van der Waals surface area contributed by atoms with Crippen molar-refractivity contribution in [1.29, 1.82) is 0 Å². The summed E-state index contributed by atoms with van der Waals surface area (Å²) >= 11 is 1.83. The third kappa shape index (κ3) is 3.58. The molecule has 0 amide bonds. The molecule has 0 unspecified atom stereocenters. The van der Waals surface area contributed by atoms with Gasteiger partial charge in [0.15, 0.2) is 5.58 Å². The molecule has 0 N–H and O–H groups in total. The predicted molar refractivity (Wildman–Crippen MR) is 204 cm³/mol. The van der Waals surface area contributed by atoms with Crippen LogP contribution in [0.2, 0.25) is 0 Å². The van der Waals surface area contributed by atoms with Crippen LogP contribution in [-0.4, -0.2) is 0 Å². The highest BCUT2D eigenvalue weighted by Crippen LogP contribution is 2.49. The predicted octanol–water partition coefficient (Wildman–Crippen LogP) is 13.6. The lowest BCUT2D eigenvalue weighted by Gasteiger charge is -2.26. The van der Waals surface area contributed by atoms with E-state index in [0.717, 1.165) is 71.7 Å². The maximum absolute atomic E-state index is 6.94. The molecule has 3 heterocycles. The summed E-state index contributed by atoms with van der Waals surface area (Å²) in [6.45, 7) is 0. The van der Waals surface area contributed by atoms with Gasteiger partial charge < -0.3 is 13.7 Å². The molecule has 8 aromatic carbocycles. The molecule has 0 fully saturated rings. The quantitative estimate of drug-likeness (QED) is 0.194. The molecule has 0 aliphatic carbocycles. The van der Waals surface area contributed by atoms with Crippen molar-refractivity contribution >= 4 is 114 Å². The zero-order chi connectivity index (χ0) is 31.3. The standard InChI is InChI=1S/C44H25NO2S/c1-3-11-29-26(9-1)20-23-33-35-25-28(21-24-38(35)46-42(29)33)45(36-15-8-18-40-41(36)34-13-5-6-17-39(34)48-40)37-16-7-14-31-32-22-19-27-10-2-4-12-30(27)43(32)47-44(31)37/h1-25H. The van der Waals surface area contributed by atoms with E-state index in [1.165, 1.54) is 30.9 Å². The fourth-order valence-corrected chi connectivity index (χ4v) is 8.80. The molecule has 0 saturated carbocycles. The zero-order valence-corrected chi connectivity index (χ0v) is 26.4. The SMILES string of the molecule is c1ccc2c(c1)ccc1c3cc(N(c4cccc5c4oc4c6ccccc6ccc54)c4cccc5sc6ccccc6c45)ccc3oc21. The first-order valence-electron chi connectivity index (χ1n) is 16.2. The number of benzene rings is 8. The molecule has 224 valence electrons. The molecule has 0 aliphatic rings. The Morgan fingerprint density at radius 3 is 1.81 bits per heavy atom. The molecule has 0 radical (unpaired) electrons. The van der Waals surface area contributed by atoms with Crippen molar-refractivity contribution in [3.8, 4) is 0 Å². The van der Waals surface area contributed by atoms with Crippen LogP contribution in [0.3, 0.4) is 0 Å². The lowest BCUT2D eigenvalue weighted by Crippen LogP contribution is -2.10. The monoisotopic (exact) mass is 631 g/mol. The number of rotatable bonds is 3. The van der Waals surface area contributed by atoms with Crippen LogP contribution >= 0.6 is 11.3 Å².